The van der Waals surface area contributed by atoms with Gasteiger partial charge in [-0.3, -0.25) is 9.78 Å². The van der Waals surface area contributed by atoms with Crippen LogP contribution in [-0.4, -0.2) is 25.4 Å². The van der Waals surface area contributed by atoms with Gasteiger partial charge in [0.15, 0.2) is 0 Å². The summed E-state index contributed by atoms with van der Waals surface area (Å²) in [6.45, 7) is 3.83. The monoisotopic (exact) mass is 347 g/mol. The van der Waals surface area contributed by atoms with Crippen molar-refractivity contribution < 1.29 is 13.2 Å². The summed E-state index contributed by atoms with van der Waals surface area (Å²) in [6, 6.07) is 12.5. The van der Waals surface area contributed by atoms with E-state index in [2.05, 4.69) is 15.0 Å². The molecule has 6 nitrogen and oxygen atoms in total. The van der Waals surface area contributed by atoms with Gasteiger partial charge in [-0.2, -0.15) is 4.72 Å². The van der Waals surface area contributed by atoms with E-state index in [4.69, 9.17) is 0 Å². The van der Waals surface area contributed by atoms with Gasteiger partial charge in [-0.15, -0.1) is 0 Å². The van der Waals surface area contributed by atoms with Gasteiger partial charge in [0.1, 0.15) is 6.04 Å². The van der Waals surface area contributed by atoms with E-state index in [-0.39, 0.29) is 23.3 Å². The van der Waals surface area contributed by atoms with Crippen LogP contribution >= 0.6 is 0 Å². The van der Waals surface area contributed by atoms with E-state index >= 15 is 0 Å². The first-order valence-electron chi connectivity index (χ1n) is 7.65. The summed E-state index contributed by atoms with van der Waals surface area (Å²) in [5, 5.41) is 2.73. The van der Waals surface area contributed by atoms with E-state index in [1.54, 1.807) is 50.4 Å². The molecule has 128 valence electrons. The van der Waals surface area contributed by atoms with Crippen LogP contribution in [0.15, 0.2) is 59.6 Å². The van der Waals surface area contributed by atoms with E-state index in [0.717, 1.165) is 0 Å². The highest BCUT2D eigenvalue weighted by Crippen LogP contribution is 2.11. The van der Waals surface area contributed by atoms with Crippen LogP contribution in [0, 0.1) is 5.92 Å². The fraction of sp³-hybridized carbons (Fsp3) is 0.294. The Morgan fingerprint density at radius 2 is 1.75 bits per heavy atom. The molecule has 1 aromatic carbocycles. The maximum Gasteiger partial charge on any atom is 0.241 e. The fourth-order valence-corrected chi connectivity index (χ4v) is 3.48. The SMILES string of the molecule is CC(C)[C@H](NS(=O)(=O)c1ccccc1)C(=O)NCc1ccccn1. The molecule has 0 saturated carbocycles. The lowest BCUT2D eigenvalue weighted by Gasteiger charge is -2.21. The molecule has 7 heteroatoms. The molecule has 1 aromatic heterocycles. The molecule has 0 aliphatic rings. The van der Waals surface area contributed by atoms with Crippen molar-refractivity contribution in [3.8, 4) is 0 Å². The van der Waals surface area contributed by atoms with Crippen molar-refractivity contribution in [2.24, 2.45) is 5.92 Å². The van der Waals surface area contributed by atoms with Crippen LogP contribution in [0.3, 0.4) is 0 Å². The van der Waals surface area contributed by atoms with Crippen LogP contribution in [0.25, 0.3) is 0 Å². The minimum atomic E-state index is -3.76. The summed E-state index contributed by atoms with van der Waals surface area (Å²) in [4.78, 5) is 16.7. The first-order valence-corrected chi connectivity index (χ1v) is 9.13. The van der Waals surface area contributed by atoms with Gasteiger partial charge >= 0.3 is 0 Å². The molecule has 1 amide bonds. The van der Waals surface area contributed by atoms with Crippen molar-refractivity contribution in [2.75, 3.05) is 0 Å². The smallest absolute Gasteiger partial charge is 0.241 e. The Labute approximate surface area is 142 Å². The average Bonchev–Trinajstić information content (AvgIpc) is 2.59. The lowest BCUT2D eigenvalue weighted by atomic mass is 10.1. The molecule has 0 saturated heterocycles. The molecule has 0 unspecified atom stereocenters. The highest BCUT2D eigenvalue weighted by atomic mass is 32.2. The number of aromatic nitrogens is 1. The predicted molar refractivity (Wildman–Crippen MR) is 91.5 cm³/mol. The molecule has 0 bridgehead atoms. The minimum absolute atomic E-state index is 0.133. The number of sulfonamides is 1. The Balaban J connectivity index is 2.07. The molecule has 0 fully saturated rings. The number of carbonyl (C=O) groups is 1. The highest BCUT2D eigenvalue weighted by molar-refractivity contribution is 7.89. The summed E-state index contributed by atoms with van der Waals surface area (Å²) < 4.78 is 27.3. The van der Waals surface area contributed by atoms with Gasteiger partial charge in [-0.1, -0.05) is 38.1 Å². The number of carbonyl (C=O) groups excluding carboxylic acids is 1. The van der Waals surface area contributed by atoms with Gasteiger partial charge in [-0.25, -0.2) is 8.42 Å². The average molecular weight is 347 g/mol. The largest absolute Gasteiger partial charge is 0.349 e. The number of nitrogens with one attached hydrogen (secondary N) is 2. The quantitative estimate of drug-likeness (QED) is 0.798. The van der Waals surface area contributed by atoms with E-state index in [0.29, 0.717) is 5.69 Å². The molecule has 2 aromatic rings. The van der Waals surface area contributed by atoms with Crippen molar-refractivity contribution in [1.29, 1.82) is 0 Å². The van der Waals surface area contributed by atoms with Gasteiger partial charge in [-0.05, 0) is 30.2 Å². The lowest BCUT2D eigenvalue weighted by Crippen LogP contribution is -2.49. The van der Waals surface area contributed by atoms with Crippen molar-refractivity contribution in [1.82, 2.24) is 15.0 Å². The molecule has 2 rings (SSSR count). The third kappa shape index (κ3) is 4.87. The molecular formula is C17H21N3O3S. The Bertz CT molecular complexity index is 762. The van der Waals surface area contributed by atoms with Crippen LogP contribution in [0.2, 0.25) is 0 Å². The van der Waals surface area contributed by atoms with Crippen molar-refractivity contribution >= 4 is 15.9 Å². The van der Waals surface area contributed by atoms with Gasteiger partial charge in [0, 0.05) is 6.20 Å². The third-order valence-electron chi connectivity index (χ3n) is 3.45. The minimum Gasteiger partial charge on any atom is -0.349 e. The number of pyridine rings is 1. The van der Waals surface area contributed by atoms with Crippen molar-refractivity contribution in [3.63, 3.8) is 0 Å². The number of amides is 1. The van der Waals surface area contributed by atoms with Crippen molar-refractivity contribution in [2.45, 2.75) is 31.3 Å². The van der Waals surface area contributed by atoms with E-state index in [1.165, 1.54) is 12.1 Å². The maximum atomic E-state index is 12.4. The van der Waals surface area contributed by atoms with Gasteiger partial charge in [0.2, 0.25) is 15.9 Å². The summed E-state index contributed by atoms with van der Waals surface area (Å²) in [7, 11) is -3.76. The summed E-state index contributed by atoms with van der Waals surface area (Å²) >= 11 is 0. The zero-order valence-electron chi connectivity index (χ0n) is 13.6. The fourth-order valence-electron chi connectivity index (χ4n) is 2.12. The Morgan fingerprint density at radius 3 is 2.33 bits per heavy atom. The van der Waals surface area contributed by atoms with Crippen LogP contribution in [0.4, 0.5) is 0 Å². The van der Waals surface area contributed by atoms with Crippen molar-refractivity contribution in [3.05, 3.63) is 60.4 Å². The predicted octanol–water partition coefficient (Wildman–Crippen LogP) is 1.70. The molecule has 24 heavy (non-hydrogen) atoms. The summed E-state index contributed by atoms with van der Waals surface area (Å²) in [5.41, 5.74) is 0.708. The molecule has 1 heterocycles. The maximum absolute atomic E-state index is 12.4. The molecule has 0 spiro atoms. The Hall–Kier alpha value is -2.25. The Morgan fingerprint density at radius 1 is 1.08 bits per heavy atom. The second-order valence-corrected chi connectivity index (χ2v) is 7.41. The topological polar surface area (TPSA) is 88.2 Å². The summed E-state index contributed by atoms with van der Waals surface area (Å²) in [6.07, 6.45) is 1.64. The normalized spacial score (nSPS) is 12.8. The van der Waals surface area contributed by atoms with E-state index in [1.807, 2.05) is 6.07 Å². The van der Waals surface area contributed by atoms with E-state index < -0.39 is 16.1 Å². The Kier molecular flexibility index (Phi) is 6.05. The standard InChI is InChI=1S/C17H21N3O3S/c1-13(2)16(17(21)19-12-14-8-6-7-11-18-14)20-24(22,23)15-9-4-3-5-10-15/h3-11,13,16,20H,12H2,1-2H3,(H,19,21)/t16-/m0/s1. The van der Waals surface area contributed by atoms with Gasteiger partial charge in [0.05, 0.1) is 17.1 Å². The number of rotatable bonds is 7. The molecule has 0 aliphatic carbocycles. The zero-order valence-corrected chi connectivity index (χ0v) is 14.5. The molecule has 0 aliphatic heterocycles. The molecule has 1 atom stereocenters. The lowest BCUT2D eigenvalue weighted by molar-refractivity contribution is -0.123. The number of nitrogens with zero attached hydrogens (tertiary/aromatic N) is 1. The second kappa shape index (κ2) is 8.03. The van der Waals surface area contributed by atoms with Crippen LogP contribution < -0.4 is 10.0 Å². The third-order valence-corrected chi connectivity index (χ3v) is 4.91. The number of hydrogen-bond acceptors (Lipinski definition) is 4. The molecule has 2 N–H and O–H groups in total. The second-order valence-electron chi connectivity index (χ2n) is 5.69. The molecule has 0 radical (unpaired) electrons. The van der Waals surface area contributed by atoms with Crippen LogP contribution in [0.5, 0.6) is 0 Å². The first-order chi connectivity index (χ1) is 11.4. The molecular weight excluding hydrogens is 326 g/mol. The zero-order chi connectivity index (χ0) is 17.6. The number of hydrogen-bond donors (Lipinski definition) is 2. The van der Waals surface area contributed by atoms with Crippen LogP contribution in [-0.2, 0) is 21.4 Å². The van der Waals surface area contributed by atoms with Crippen LogP contribution in [0.1, 0.15) is 19.5 Å². The van der Waals surface area contributed by atoms with Gasteiger partial charge in [0.25, 0.3) is 0 Å². The van der Waals surface area contributed by atoms with E-state index in [9.17, 15) is 13.2 Å². The number of benzene rings is 1. The first kappa shape index (κ1) is 18.1. The summed E-state index contributed by atoms with van der Waals surface area (Å²) in [5.74, 6) is -0.581. The highest BCUT2D eigenvalue weighted by Gasteiger charge is 2.28. The van der Waals surface area contributed by atoms with Gasteiger partial charge < -0.3 is 5.32 Å².